The zero-order valence-electron chi connectivity index (χ0n) is 27.6. The van der Waals surface area contributed by atoms with Gasteiger partial charge in [0, 0.05) is 38.6 Å². The van der Waals surface area contributed by atoms with Crippen LogP contribution in [-0.2, 0) is 5.41 Å². The van der Waals surface area contributed by atoms with Crippen molar-refractivity contribution in [1.29, 1.82) is 0 Å². The zero-order chi connectivity index (χ0) is 32.7. The average molecular weight is 627 g/mol. The van der Waals surface area contributed by atoms with Gasteiger partial charge in [0.05, 0.1) is 16.7 Å². The molecule has 49 heavy (non-hydrogen) atoms. The summed E-state index contributed by atoms with van der Waals surface area (Å²) in [6, 6.07) is 62.5. The van der Waals surface area contributed by atoms with Gasteiger partial charge in [0.1, 0.15) is 0 Å². The molecule has 0 unspecified atom stereocenters. The molecule has 8 aromatic carbocycles. The summed E-state index contributed by atoms with van der Waals surface area (Å²) in [5, 5.41) is 7.49. The molecule has 0 saturated carbocycles. The van der Waals surface area contributed by atoms with E-state index in [2.05, 4.69) is 193 Å². The van der Waals surface area contributed by atoms with Gasteiger partial charge in [-0.2, -0.15) is 0 Å². The van der Waals surface area contributed by atoms with Crippen LogP contribution in [0.1, 0.15) is 25.0 Å². The summed E-state index contributed by atoms with van der Waals surface area (Å²) in [7, 11) is 0. The molecule has 0 saturated heterocycles. The van der Waals surface area contributed by atoms with Crippen LogP contribution >= 0.6 is 0 Å². The minimum absolute atomic E-state index is 0.0551. The van der Waals surface area contributed by atoms with Gasteiger partial charge in [-0.1, -0.05) is 135 Å². The summed E-state index contributed by atoms with van der Waals surface area (Å²) >= 11 is 0. The zero-order valence-corrected chi connectivity index (χ0v) is 27.6. The number of anilines is 3. The molecule has 2 heteroatoms. The van der Waals surface area contributed by atoms with Crippen LogP contribution in [0, 0.1) is 0 Å². The van der Waals surface area contributed by atoms with Crippen LogP contribution in [-0.4, -0.2) is 4.57 Å². The molecule has 0 amide bonds. The molecular weight excluding hydrogens is 593 g/mol. The van der Waals surface area contributed by atoms with Crippen molar-refractivity contribution in [2.24, 2.45) is 0 Å². The van der Waals surface area contributed by atoms with Crippen LogP contribution in [0.25, 0.3) is 60.2 Å². The van der Waals surface area contributed by atoms with E-state index < -0.39 is 0 Å². The van der Waals surface area contributed by atoms with E-state index in [0.717, 1.165) is 17.1 Å². The normalized spacial score (nSPS) is 13.3. The van der Waals surface area contributed by atoms with Crippen molar-refractivity contribution in [1.82, 2.24) is 4.57 Å². The lowest BCUT2D eigenvalue weighted by molar-refractivity contribution is 0.660. The summed E-state index contributed by atoms with van der Waals surface area (Å²) in [5.41, 5.74) is 12.3. The molecule has 1 heterocycles. The van der Waals surface area contributed by atoms with Gasteiger partial charge in [-0.05, 0) is 86.9 Å². The van der Waals surface area contributed by atoms with Gasteiger partial charge in [0.2, 0.25) is 0 Å². The highest BCUT2D eigenvalue weighted by atomic mass is 15.1. The third-order valence-electron chi connectivity index (χ3n) is 10.7. The molecule has 0 aliphatic heterocycles. The van der Waals surface area contributed by atoms with Crippen molar-refractivity contribution in [3.63, 3.8) is 0 Å². The fourth-order valence-corrected chi connectivity index (χ4v) is 8.45. The van der Waals surface area contributed by atoms with Gasteiger partial charge in [0.25, 0.3) is 0 Å². The SMILES string of the molecule is CC1(C)c2ccccc2-c2cc(N(c3ccc4c5ccccc5n(-c5ccccc5)c4c3)c3cc4ccccc4c4ccccc34)ccc21. The van der Waals surface area contributed by atoms with E-state index in [1.54, 1.807) is 0 Å². The molecule has 0 atom stereocenters. The first-order chi connectivity index (χ1) is 24.1. The van der Waals surface area contributed by atoms with Crippen molar-refractivity contribution in [3.05, 3.63) is 181 Å². The first-order valence-corrected chi connectivity index (χ1v) is 17.1. The van der Waals surface area contributed by atoms with Gasteiger partial charge in [-0.3, -0.25) is 0 Å². The molecule has 1 aromatic heterocycles. The van der Waals surface area contributed by atoms with Crippen molar-refractivity contribution in [2.45, 2.75) is 19.3 Å². The maximum absolute atomic E-state index is 2.48. The Balaban J connectivity index is 1.30. The monoisotopic (exact) mass is 626 g/mol. The van der Waals surface area contributed by atoms with E-state index in [0.29, 0.717) is 0 Å². The van der Waals surface area contributed by atoms with Gasteiger partial charge < -0.3 is 9.47 Å². The highest BCUT2D eigenvalue weighted by Crippen LogP contribution is 2.51. The maximum atomic E-state index is 2.48. The van der Waals surface area contributed by atoms with Crippen LogP contribution in [0.3, 0.4) is 0 Å². The Bertz CT molecular complexity index is 2750. The molecule has 2 nitrogen and oxygen atoms in total. The molecular formula is C47H34N2. The second kappa shape index (κ2) is 10.4. The van der Waals surface area contributed by atoms with Crippen LogP contribution in [0.15, 0.2) is 170 Å². The minimum Gasteiger partial charge on any atom is -0.310 e. The predicted octanol–water partition coefficient (Wildman–Crippen LogP) is 12.9. The molecule has 0 fully saturated rings. The van der Waals surface area contributed by atoms with Gasteiger partial charge in [0.15, 0.2) is 0 Å². The lowest BCUT2D eigenvalue weighted by atomic mass is 9.82. The minimum atomic E-state index is -0.0551. The van der Waals surface area contributed by atoms with Crippen LogP contribution in [0.5, 0.6) is 0 Å². The van der Waals surface area contributed by atoms with Crippen LogP contribution in [0.4, 0.5) is 17.1 Å². The lowest BCUT2D eigenvalue weighted by Crippen LogP contribution is -2.15. The first kappa shape index (κ1) is 27.9. The number of hydrogen-bond donors (Lipinski definition) is 0. The Morgan fingerprint density at radius 2 is 1.04 bits per heavy atom. The van der Waals surface area contributed by atoms with Gasteiger partial charge >= 0.3 is 0 Å². The summed E-state index contributed by atoms with van der Waals surface area (Å²) in [6.45, 7) is 4.70. The molecule has 0 radical (unpaired) electrons. The standard InChI is InChI=1S/C47H34N2/c1-47(2)42-22-12-10-19-37(42)41-29-33(25-27-43(41)47)48(45-28-31-14-6-7-17-35(31)36-18-8-9-20-38(36)45)34-24-26-40-39-21-11-13-23-44(39)49(46(40)30-34)32-15-4-3-5-16-32/h3-30H,1-2H3. The average Bonchev–Trinajstić information content (AvgIpc) is 3.60. The number of nitrogens with zero attached hydrogens (tertiary/aromatic N) is 2. The van der Waals surface area contributed by atoms with E-state index in [-0.39, 0.29) is 5.41 Å². The number of para-hydroxylation sites is 2. The molecule has 9 aromatic rings. The highest BCUT2D eigenvalue weighted by molar-refractivity contribution is 6.15. The lowest BCUT2D eigenvalue weighted by Gasteiger charge is -2.29. The summed E-state index contributed by atoms with van der Waals surface area (Å²) < 4.78 is 2.41. The molecule has 0 spiro atoms. The Labute approximate surface area is 286 Å². The molecule has 0 bridgehead atoms. The second-order valence-corrected chi connectivity index (χ2v) is 13.8. The molecule has 10 rings (SSSR count). The fraction of sp³-hybridized carbons (Fsp3) is 0.0638. The Morgan fingerprint density at radius 3 is 1.90 bits per heavy atom. The molecule has 1 aliphatic rings. The summed E-state index contributed by atoms with van der Waals surface area (Å²) in [6.07, 6.45) is 0. The summed E-state index contributed by atoms with van der Waals surface area (Å²) in [4.78, 5) is 2.48. The number of rotatable bonds is 4. The van der Waals surface area contributed by atoms with E-state index in [1.807, 2.05) is 0 Å². The quantitative estimate of drug-likeness (QED) is 0.176. The molecule has 232 valence electrons. The van der Waals surface area contributed by atoms with Gasteiger partial charge in [-0.15, -0.1) is 0 Å². The molecule has 1 aliphatic carbocycles. The number of benzene rings is 8. The number of aromatic nitrogens is 1. The Hall–Kier alpha value is -6.12. The largest absolute Gasteiger partial charge is 0.310 e. The highest BCUT2D eigenvalue weighted by Gasteiger charge is 2.35. The first-order valence-electron chi connectivity index (χ1n) is 17.1. The maximum Gasteiger partial charge on any atom is 0.0561 e. The van der Waals surface area contributed by atoms with Crippen LogP contribution in [0.2, 0.25) is 0 Å². The van der Waals surface area contributed by atoms with Crippen molar-refractivity contribution in [2.75, 3.05) is 4.90 Å². The van der Waals surface area contributed by atoms with Gasteiger partial charge in [-0.25, -0.2) is 0 Å². The Kier molecular flexibility index (Phi) is 5.95. The van der Waals surface area contributed by atoms with Crippen molar-refractivity contribution >= 4 is 60.4 Å². The predicted molar refractivity (Wildman–Crippen MR) is 208 cm³/mol. The number of fused-ring (bicyclic) bond motifs is 9. The van der Waals surface area contributed by atoms with Crippen molar-refractivity contribution < 1.29 is 0 Å². The third kappa shape index (κ3) is 4.07. The van der Waals surface area contributed by atoms with Crippen LogP contribution < -0.4 is 4.90 Å². The van der Waals surface area contributed by atoms with E-state index in [4.69, 9.17) is 0 Å². The fourth-order valence-electron chi connectivity index (χ4n) is 8.45. The van der Waals surface area contributed by atoms with Crippen molar-refractivity contribution in [3.8, 4) is 16.8 Å². The van der Waals surface area contributed by atoms with E-state index >= 15 is 0 Å². The second-order valence-electron chi connectivity index (χ2n) is 13.8. The molecule has 0 N–H and O–H groups in total. The Morgan fingerprint density at radius 1 is 0.429 bits per heavy atom. The summed E-state index contributed by atoms with van der Waals surface area (Å²) in [5.74, 6) is 0. The smallest absolute Gasteiger partial charge is 0.0561 e. The van der Waals surface area contributed by atoms with E-state index in [1.165, 1.54) is 71.3 Å². The third-order valence-corrected chi connectivity index (χ3v) is 10.7. The topological polar surface area (TPSA) is 8.17 Å². The number of hydrogen-bond acceptors (Lipinski definition) is 1. The van der Waals surface area contributed by atoms with E-state index in [9.17, 15) is 0 Å².